The van der Waals surface area contributed by atoms with Gasteiger partial charge in [-0.05, 0) is 37.2 Å². The van der Waals surface area contributed by atoms with Gasteiger partial charge >= 0.3 is 12.4 Å². The van der Waals surface area contributed by atoms with Crippen molar-refractivity contribution < 1.29 is 26.3 Å². The number of thioether (sulfide) groups is 1. The van der Waals surface area contributed by atoms with Gasteiger partial charge in [0.15, 0.2) is 15.6 Å². The standard InChI is InChI=1S/C13H11ClF3N3OS.C8H9BrClN.C5H3F3N2OS.ClH/c1-2-9-7(8(14)3-4-18-9)6-22-12-19-10(13(15,16)17)5-11(21)20-12;1-2-8-6(5-9)7(10)3-4-11-8;6-5(7,8)2-1-3(11)10-4(12)9-2;/h3-5H,2,6H2,1H3,(H,19,20,21);3-4H,2,5H2,1H3;1H,(H2,9,10,11,12);1H. The van der Waals surface area contributed by atoms with E-state index in [-0.39, 0.29) is 28.1 Å². The van der Waals surface area contributed by atoms with Gasteiger partial charge < -0.3 is 9.97 Å². The highest BCUT2D eigenvalue weighted by atomic mass is 79.9. The second-order valence-electron chi connectivity index (χ2n) is 8.50. The summed E-state index contributed by atoms with van der Waals surface area (Å²) in [4.78, 5) is 39.7. The van der Waals surface area contributed by atoms with Crippen molar-refractivity contribution in [1.82, 2.24) is 29.9 Å². The molecular weight excluding hydrogens is 793 g/mol. The van der Waals surface area contributed by atoms with Crippen LogP contribution in [0.15, 0.2) is 51.4 Å². The van der Waals surface area contributed by atoms with Crippen LogP contribution in [0.1, 0.15) is 47.8 Å². The monoisotopic (exact) mass is 814 g/mol. The number of nitrogens with zero attached hydrogens (tertiary/aromatic N) is 3. The summed E-state index contributed by atoms with van der Waals surface area (Å²) >= 11 is 20.7. The quantitative estimate of drug-likeness (QED) is 0.0586. The van der Waals surface area contributed by atoms with E-state index in [1.165, 1.54) is 0 Å². The van der Waals surface area contributed by atoms with E-state index in [0.717, 1.165) is 51.1 Å². The summed E-state index contributed by atoms with van der Waals surface area (Å²) in [5, 5.41) is 1.95. The maximum atomic E-state index is 12.6. The molecule has 4 aromatic heterocycles. The molecule has 46 heavy (non-hydrogen) atoms. The van der Waals surface area contributed by atoms with Gasteiger partial charge in [0.05, 0.1) is 0 Å². The van der Waals surface area contributed by atoms with Crippen LogP contribution in [0.3, 0.4) is 0 Å². The van der Waals surface area contributed by atoms with Crippen molar-refractivity contribution in [1.29, 1.82) is 0 Å². The fourth-order valence-electron chi connectivity index (χ4n) is 3.33. The van der Waals surface area contributed by atoms with E-state index < -0.39 is 34.9 Å². The molecule has 0 saturated carbocycles. The lowest BCUT2D eigenvalue weighted by Gasteiger charge is -2.09. The van der Waals surface area contributed by atoms with Gasteiger partial charge in [-0.25, -0.2) is 4.98 Å². The number of aromatic amines is 3. The number of aryl methyl sites for hydroxylation is 2. The maximum Gasteiger partial charge on any atom is 0.433 e. The second kappa shape index (κ2) is 18.8. The Balaban J connectivity index is 0.000000374. The normalized spacial score (nSPS) is 11.0. The van der Waals surface area contributed by atoms with Crippen LogP contribution in [-0.2, 0) is 36.3 Å². The summed E-state index contributed by atoms with van der Waals surface area (Å²) < 4.78 is 73.3. The first-order valence-electron chi connectivity index (χ1n) is 12.5. The first-order valence-corrected chi connectivity index (χ1v) is 15.8. The number of aromatic nitrogens is 6. The molecule has 252 valence electrons. The first-order chi connectivity index (χ1) is 21.0. The molecule has 0 aliphatic carbocycles. The summed E-state index contributed by atoms with van der Waals surface area (Å²) in [7, 11) is 0. The van der Waals surface area contributed by atoms with Crippen molar-refractivity contribution in [2.24, 2.45) is 0 Å². The van der Waals surface area contributed by atoms with Crippen molar-refractivity contribution in [3.8, 4) is 0 Å². The summed E-state index contributed by atoms with van der Waals surface area (Å²) in [6, 6.07) is 4.27. The smallest absolute Gasteiger partial charge is 0.328 e. The molecule has 4 rings (SSSR count). The Morgan fingerprint density at radius 3 is 1.83 bits per heavy atom. The van der Waals surface area contributed by atoms with E-state index in [0.29, 0.717) is 23.6 Å². The number of hydrogen-bond donors (Lipinski definition) is 3. The third kappa shape index (κ3) is 13.0. The number of H-pyrrole nitrogens is 3. The number of rotatable bonds is 6. The van der Waals surface area contributed by atoms with Crippen LogP contribution in [0.5, 0.6) is 0 Å². The fourth-order valence-corrected chi connectivity index (χ4v) is 5.81. The Morgan fingerprint density at radius 1 is 0.848 bits per heavy atom. The predicted molar refractivity (Wildman–Crippen MR) is 174 cm³/mol. The van der Waals surface area contributed by atoms with Crippen LogP contribution < -0.4 is 11.1 Å². The van der Waals surface area contributed by atoms with E-state index in [1.807, 2.05) is 23.0 Å². The molecule has 4 heterocycles. The highest BCUT2D eigenvalue weighted by Crippen LogP contribution is 2.30. The first kappa shape index (κ1) is 41.6. The number of hydrogen-bond acceptors (Lipinski definition) is 7. The molecule has 0 atom stereocenters. The van der Waals surface area contributed by atoms with Crippen LogP contribution in [0.2, 0.25) is 10.0 Å². The predicted octanol–water partition coefficient (Wildman–Crippen LogP) is 8.76. The lowest BCUT2D eigenvalue weighted by atomic mass is 10.2. The molecule has 20 heteroatoms. The molecule has 0 radical (unpaired) electrons. The summed E-state index contributed by atoms with van der Waals surface area (Å²) in [6.45, 7) is 3.97. The Labute approximate surface area is 291 Å². The molecule has 0 aliphatic heterocycles. The minimum atomic E-state index is -4.66. The molecule has 4 aromatic rings. The third-order valence-electron chi connectivity index (χ3n) is 5.41. The Morgan fingerprint density at radius 2 is 1.37 bits per heavy atom. The molecule has 0 fully saturated rings. The second-order valence-corrected chi connectivity index (χ2v) is 11.2. The maximum absolute atomic E-state index is 12.6. The molecule has 0 bridgehead atoms. The Hall–Kier alpha value is -2.44. The van der Waals surface area contributed by atoms with Crippen molar-refractivity contribution in [2.75, 3.05) is 0 Å². The van der Waals surface area contributed by atoms with Crippen molar-refractivity contribution >= 4 is 75.5 Å². The SMILES string of the molecule is CCc1nccc(Cl)c1CBr.CCc1nccc(Cl)c1CSc1nc(C(F)(F)F)cc(=O)[nH]1.Cl.O=c1cc(C(F)(F)F)[nH]c(=S)[nH]1. The third-order valence-corrected chi connectivity index (χ3v) is 7.78. The largest absolute Gasteiger partial charge is 0.433 e. The van der Waals surface area contributed by atoms with Crippen molar-refractivity contribution in [3.05, 3.63) is 106 Å². The van der Waals surface area contributed by atoms with E-state index in [9.17, 15) is 35.9 Å². The van der Waals surface area contributed by atoms with E-state index in [1.54, 1.807) is 18.5 Å². The summed E-state index contributed by atoms with van der Waals surface area (Å²) in [5.41, 5.74) is -0.413. The van der Waals surface area contributed by atoms with Gasteiger partial charge in [0.25, 0.3) is 11.1 Å². The van der Waals surface area contributed by atoms with Crippen LogP contribution in [0.4, 0.5) is 26.3 Å². The molecule has 0 aromatic carbocycles. The summed E-state index contributed by atoms with van der Waals surface area (Å²) in [5.74, 6) is 0.264. The van der Waals surface area contributed by atoms with Gasteiger partial charge in [0, 0.05) is 68.2 Å². The van der Waals surface area contributed by atoms with Gasteiger partial charge in [-0.15, -0.1) is 12.4 Å². The fraction of sp³-hybridized carbons (Fsp3) is 0.308. The Kier molecular flexibility index (Phi) is 17.0. The van der Waals surface area contributed by atoms with Gasteiger partial charge in [-0.3, -0.25) is 24.5 Å². The minimum absolute atomic E-state index is 0. The van der Waals surface area contributed by atoms with Gasteiger partial charge in [-0.1, -0.05) is 64.7 Å². The summed E-state index contributed by atoms with van der Waals surface area (Å²) in [6.07, 6.45) is -4.34. The van der Waals surface area contributed by atoms with Crippen LogP contribution in [-0.4, -0.2) is 29.9 Å². The zero-order valence-electron chi connectivity index (χ0n) is 23.6. The zero-order chi connectivity index (χ0) is 33.9. The topological polar surface area (TPSA) is 120 Å². The average molecular weight is 817 g/mol. The van der Waals surface area contributed by atoms with Crippen LogP contribution in [0, 0.1) is 4.77 Å². The molecule has 3 N–H and O–H groups in total. The number of nitrogens with one attached hydrogen (secondary N) is 3. The lowest BCUT2D eigenvalue weighted by Crippen LogP contribution is -2.16. The van der Waals surface area contributed by atoms with E-state index >= 15 is 0 Å². The van der Waals surface area contributed by atoms with Gasteiger partial charge in [0.1, 0.15) is 5.69 Å². The molecule has 8 nitrogen and oxygen atoms in total. The molecule has 0 saturated heterocycles. The minimum Gasteiger partial charge on any atom is -0.328 e. The van der Waals surface area contributed by atoms with Crippen LogP contribution >= 0.6 is 75.5 Å². The molecule has 0 aliphatic rings. The average Bonchev–Trinajstić information content (AvgIpc) is 2.95. The molecule has 0 spiro atoms. The van der Waals surface area contributed by atoms with E-state index in [2.05, 4.69) is 55.0 Å². The number of alkyl halides is 7. The number of pyridine rings is 2. The molecule has 0 unspecified atom stereocenters. The van der Waals surface area contributed by atoms with Crippen molar-refractivity contribution in [3.63, 3.8) is 0 Å². The van der Waals surface area contributed by atoms with E-state index in [4.69, 9.17) is 23.2 Å². The van der Waals surface area contributed by atoms with Crippen LogP contribution in [0.25, 0.3) is 0 Å². The highest BCUT2D eigenvalue weighted by Gasteiger charge is 2.33. The number of halogens is 10. The van der Waals surface area contributed by atoms with Gasteiger partial charge in [0.2, 0.25) is 0 Å². The molecule has 0 amide bonds. The Bertz CT molecular complexity index is 1740. The van der Waals surface area contributed by atoms with Gasteiger partial charge in [-0.2, -0.15) is 26.3 Å². The highest BCUT2D eigenvalue weighted by molar-refractivity contribution is 9.08. The zero-order valence-corrected chi connectivity index (χ0v) is 29.1. The molecular formula is C26H24BrCl3F6N6O2S2. The van der Waals surface area contributed by atoms with Crippen molar-refractivity contribution in [2.45, 2.75) is 55.3 Å². The lowest BCUT2D eigenvalue weighted by molar-refractivity contribution is -0.142.